The Hall–Kier alpha value is -3.83. The largest absolute Gasteiger partial charge is 0.383 e. The molecule has 3 heterocycles. The lowest BCUT2D eigenvalue weighted by molar-refractivity contribution is -0.110. The number of fused-ring (bicyclic) bond motifs is 2. The summed E-state index contributed by atoms with van der Waals surface area (Å²) in [6, 6.07) is 5.68. The summed E-state index contributed by atoms with van der Waals surface area (Å²) in [4.78, 5) is 39.2. The lowest BCUT2D eigenvalue weighted by atomic mass is 10.0. The van der Waals surface area contributed by atoms with Crippen LogP contribution in [-0.4, -0.2) is 85.1 Å². The number of carbonyl (C=O) groups is 1. The first-order valence-corrected chi connectivity index (χ1v) is 13.8. The number of piperazine rings is 1. The van der Waals surface area contributed by atoms with Crippen LogP contribution in [0, 0.1) is 11.6 Å². The fraction of sp³-hybridized carbons (Fsp3) is 0.414. The number of amides is 1. The number of hydrogen-bond acceptors (Lipinski definition) is 7. The SMILES string of the molecule is CCN(CC)CCCNc1cc2nc(/C=C3\C(=O)Nc4cc(N5CCN(C)CC5)c(F)cc43)[nH]c(=O)c2cc1F. The zero-order valence-electron chi connectivity index (χ0n) is 23.1. The maximum Gasteiger partial charge on any atom is 0.259 e. The molecule has 11 heteroatoms. The first-order valence-electron chi connectivity index (χ1n) is 13.8. The molecule has 3 aromatic rings. The van der Waals surface area contributed by atoms with E-state index in [0.717, 1.165) is 45.2 Å². The molecule has 40 heavy (non-hydrogen) atoms. The number of nitrogens with one attached hydrogen (secondary N) is 3. The molecule has 0 spiro atoms. The smallest absolute Gasteiger partial charge is 0.259 e. The maximum absolute atomic E-state index is 15.2. The summed E-state index contributed by atoms with van der Waals surface area (Å²) >= 11 is 0. The van der Waals surface area contributed by atoms with Gasteiger partial charge in [0.1, 0.15) is 17.5 Å². The molecule has 0 atom stereocenters. The van der Waals surface area contributed by atoms with Crippen molar-refractivity contribution in [3.05, 3.63) is 57.6 Å². The van der Waals surface area contributed by atoms with Crippen molar-refractivity contribution in [2.24, 2.45) is 0 Å². The van der Waals surface area contributed by atoms with E-state index >= 15 is 4.39 Å². The van der Waals surface area contributed by atoms with Crippen molar-refractivity contribution in [3.63, 3.8) is 0 Å². The highest BCUT2D eigenvalue weighted by Gasteiger charge is 2.28. The Morgan fingerprint density at radius 1 is 1.05 bits per heavy atom. The van der Waals surface area contributed by atoms with Gasteiger partial charge >= 0.3 is 0 Å². The van der Waals surface area contributed by atoms with Gasteiger partial charge in [0.25, 0.3) is 11.5 Å². The van der Waals surface area contributed by atoms with Gasteiger partial charge < -0.3 is 30.3 Å². The lowest BCUT2D eigenvalue weighted by Crippen LogP contribution is -2.44. The van der Waals surface area contributed by atoms with Crippen LogP contribution in [0.3, 0.4) is 0 Å². The average molecular weight is 552 g/mol. The molecular weight excluding hydrogens is 516 g/mol. The maximum atomic E-state index is 15.2. The normalized spacial score (nSPS) is 16.7. The number of halogens is 2. The minimum Gasteiger partial charge on any atom is -0.383 e. The van der Waals surface area contributed by atoms with Crippen molar-refractivity contribution in [1.29, 1.82) is 0 Å². The Kier molecular flexibility index (Phi) is 8.13. The van der Waals surface area contributed by atoms with Gasteiger partial charge in [-0.15, -0.1) is 0 Å². The molecule has 2 aliphatic heterocycles. The summed E-state index contributed by atoms with van der Waals surface area (Å²) in [5.41, 5.74) is 1.57. The molecule has 1 aromatic heterocycles. The van der Waals surface area contributed by atoms with Crippen LogP contribution in [0.5, 0.6) is 0 Å². The highest BCUT2D eigenvalue weighted by Crippen LogP contribution is 2.37. The second-order valence-electron chi connectivity index (χ2n) is 10.3. The minimum atomic E-state index is -0.538. The van der Waals surface area contributed by atoms with Gasteiger partial charge in [0.15, 0.2) is 0 Å². The fourth-order valence-corrected chi connectivity index (χ4v) is 5.22. The predicted octanol–water partition coefficient (Wildman–Crippen LogP) is 3.59. The zero-order valence-corrected chi connectivity index (χ0v) is 23.1. The quantitative estimate of drug-likeness (QED) is 0.276. The summed E-state index contributed by atoms with van der Waals surface area (Å²) in [7, 11) is 2.03. The number of benzene rings is 2. The van der Waals surface area contributed by atoms with Crippen LogP contribution in [0.4, 0.5) is 25.8 Å². The molecule has 0 unspecified atom stereocenters. The van der Waals surface area contributed by atoms with E-state index in [1.54, 1.807) is 6.07 Å². The van der Waals surface area contributed by atoms with E-state index < -0.39 is 23.1 Å². The Morgan fingerprint density at radius 3 is 2.52 bits per heavy atom. The number of aromatic nitrogens is 2. The molecule has 1 amide bonds. The number of H-pyrrole nitrogens is 1. The Bertz CT molecular complexity index is 1510. The molecule has 1 saturated heterocycles. The fourth-order valence-electron chi connectivity index (χ4n) is 5.22. The molecule has 0 aliphatic carbocycles. The van der Waals surface area contributed by atoms with Gasteiger partial charge in [-0.3, -0.25) is 9.59 Å². The molecule has 0 radical (unpaired) electrons. The van der Waals surface area contributed by atoms with Crippen molar-refractivity contribution in [2.45, 2.75) is 20.3 Å². The van der Waals surface area contributed by atoms with Crippen LogP contribution in [0.25, 0.3) is 22.6 Å². The monoisotopic (exact) mass is 551 g/mol. The topological polar surface area (TPSA) is 96.6 Å². The first-order chi connectivity index (χ1) is 19.3. The van der Waals surface area contributed by atoms with E-state index in [0.29, 0.717) is 42.1 Å². The van der Waals surface area contributed by atoms with Crippen LogP contribution in [0.1, 0.15) is 31.7 Å². The Labute approximate surface area is 231 Å². The van der Waals surface area contributed by atoms with E-state index in [4.69, 9.17) is 0 Å². The van der Waals surface area contributed by atoms with Crippen LogP contribution in [-0.2, 0) is 4.79 Å². The molecule has 0 saturated carbocycles. The molecule has 212 valence electrons. The van der Waals surface area contributed by atoms with Gasteiger partial charge in [-0.25, -0.2) is 13.8 Å². The minimum absolute atomic E-state index is 0.104. The number of anilines is 3. The summed E-state index contributed by atoms with van der Waals surface area (Å²) in [6.07, 6.45) is 2.26. The van der Waals surface area contributed by atoms with Gasteiger partial charge in [0, 0.05) is 38.3 Å². The molecule has 2 aromatic carbocycles. The number of aromatic amines is 1. The first kappa shape index (κ1) is 27.7. The Balaban J connectivity index is 1.41. The van der Waals surface area contributed by atoms with E-state index in [1.165, 1.54) is 18.2 Å². The summed E-state index contributed by atoms with van der Waals surface area (Å²) < 4.78 is 29.9. The summed E-state index contributed by atoms with van der Waals surface area (Å²) in [6.45, 7) is 10.6. The van der Waals surface area contributed by atoms with Crippen molar-refractivity contribution >= 4 is 45.5 Å². The van der Waals surface area contributed by atoms with Crippen molar-refractivity contribution < 1.29 is 13.6 Å². The van der Waals surface area contributed by atoms with E-state index in [1.807, 2.05) is 11.9 Å². The van der Waals surface area contributed by atoms with E-state index in [9.17, 15) is 14.0 Å². The molecule has 3 N–H and O–H groups in total. The van der Waals surface area contributed by atoms with Gasteiger partial charge in [0.05, 0.1) is 33.5 Å². The van der Waals surface area contributed by atoms with Crippen LogP contribution in [0.15, 0.2) is 29.1 Å². The van der Waals surface area contributed by atoms with E-state index in [2.05, 4.69) is 44.2 Å². The zero-order chi connectivity index (χ0) is 28.4. The average Bonchev–Trinajstić information content (AvgIpc) is 3.23. The third-order valence-corrected chi connectivity index (χ3v) is 7.67. The van der Waals surface area contributed by atoms with Crippen molar-refractivity contribution in [3.8, 4) is 0 Å². The van der Waals surface area contributed by atoms with Crippen LogP contribution >= 0.6 is 0 Å². The van der Waals surface area contributed by atoms with Gasteiger partial charge in [-0.2, -0.15) is 0 Å². The standard InChI is InChI=1S/C29H35F2N7O2/c1-4-37(5-2)8-6-7-32-25-16-23-20(14-21(25)30)29(40)35-27(33-23)15-19-18-13-22(31)26(17-24(18)34-28(19)39)38-11-9-36(3)10-12-38/h13-17,32H,4-12H2,1-3H3,(H,34,39)(H,33,35,40)/b19-15-. The lowest BCUT2D eigenvalue weighted by Gasteiger charge is -2.34. The number of hydrogen-bond donors (Lipinski definition) is 3. The predicted molar refractivity (Wildman–Crippen MR) is 156 cm³/mol. The second-order valence-corrected chi connectivity index (χ2v) is 10.3. The third-order valence-electron chi connectivity index (χ3n) is 7.67. The molecule has 5 rings (SSSR count). The second kappa shape index (κ2) is 11.7. The summed E-state index contributed by atoms with van der Waals surface area (Å²) in [5, 5.41) is 6.01. The van der Waals surface area contributed by atoms with Crippen LogP contribution in [0.2, 0.25) is 0 Å². The van der Waals surface area contributed by atoms with Gasteiger partial charge in [-0.05, 0) is 63.4 Å². The van der Waals surface area contributed by atoms with Crippen LogP contribution < -0.4 is 21.1 Å². The number of nitrogens with zero attached hydrogens (tertiary/aromatic N) is 4. The number of likely N-dealkylation sites (N-methyl/N-ethyl adjacent to an activating group) is 1. The molecule has 2 aliphatic rings. The Morgan fingerprint density at radius 2 is 1.80 bits per heavy atom. The van der Waals surface area contributed by atoms with Crippen molar-refractivity contribution in [2.75, 3.05) is 74.9 Å². The molecular formula is C29H35F2N7O2. The van der Waals surface area contributed by atoms with Crippen molar-refractivity contribution in [1.82, 2.24) is 19.8 Å². The highest BCUT2D eigenvalue weighted by atomic mass is 19.1. The third kappa shape index (κ3) is 5.71. The molecule has 1 fully saturated rings. The molecule has 0 bridgehead atoms. The van der Waals surface area contributed by atoms with Gasteiger partial charge in [-0.1, -0.05) is 13.8 Å². The molecule has 9 nitrogen and oxygen atoms in total. The van der Waals surface area contributed by atoms with Gasteiger partial charge in [0.2, 0.25) is 0 Å². The number of rotatable bonds is 9. The summed E-state index contributed by atoms with van der Waals surface area (Å²) in [5.74, 6) is -1.25. The number of carbonyl (C=O) groups excluding carboxylic acids is 1. The highest BCUT2D eigenvalue weighted by molar-refractivity contribution is 6.35. The van der Waals surface area contributed by atoms with E-state index in [-0.39, 0.29) is 22.5 Å².